The fourth-order valence-corrected chi connectivity index (χ4v) is 1.83. The number of pyridine rings is 1. The van der Waals surface area contributed by atoms with Gasteiger partial charge in [0.1, 0.15) is 6.33 Å². The van der Waals surface area contributed by atoms with Crippen LogP contribution in [0.25, 0.3) is 5.65 Å². The number of fused-ring (bicyclic) bond motifs is 1. The van der Waals surface area contributed by atoms with Crippen LogP contribution in [-0.4, -0.2) is 21.7 Å². The Hall–Kier alpha value is -0.940. The Kier molecular flexibility index (Phi) is 2.52. The summed E-state index contributed by atoms with van der Waals surface area (Å²) in [6.45, 7) is 2.58. The van der Waals surface area contributed by atoms with E-state index in [9.17, 15) is 0 Å². The van der Waals surface area contributed by atoms with Gasteiger partial charge in [-0.3, -0.25) is 0 Å². The van der Waals surface area contributed by atoms with Gasteiger partial charge >= 0.3 is 0 Å². The number of rotatable bonds is 2. The Morgan fingerprint density at radius 2 is 2.36 bits per heavy atom. The van der Waals surface area contributed by atoms with Gasteiger partial charge in [0.25, 0.3) is 0 Å². The van der Waals surface area contributed by atoms with Gasteiger partial charge in [0.05, 0.1) is 6.61 Å². The average Bonchev–Trinajstić information content (AvgIpc) is 2.60. The van der Waals surface area contributed by atoms with Gasteiger partial charge in [-0.2, -0.15) is 5.10 Å². The van der Waals surface area contributed by atoms with Crippen LogP contribution in [0.3, 0.4) is 0 Å². The average molecular weight is 256 g/mol. The van der Waals surface area contributed by atoms with Crippen LogP contribution in [0.4, 0.5) is 0 Å². The number of aromatic nitrogens is 3. The minimum atomic E-state index is 0.549. The van der Waals surface area contributed by atoms with Crippen LogP contribution >= 0.6 is 15.9 Å². The molecule has 4 nitrogen and oxygen atoms in total. The Balaban J connectivity index is 2.73. The Morgan fingerprint density at radius 3 is 3.07 bits per heavy atom. The third-order valence-electron chi connectivity index (χ3n) is 2.18. The molecule has 74 valence electrons. The maximum atomic E-state index is 5.14. The third-order valence-corrected chi connectivity index (χ3v) is 2.98. The molecule has 0 N–H and O–H groups in total. The summed E-state index contributed by atoms with van der Waals surface area (Å²) >= 11 is 3.48. The van der Waals surface area contributed by atoms with Crippen LogP contribution in [-0.2, 0) is 11.3 Å². The number of methoxy groups -OCH3 is 1. The molecule has 2 heterocycles. The highest BCUT2D eigenvalue weighted by Crippen LogP contribution is 2.22. The molecule has 5 heteroatoms. The minimum absolute atomic E-state index is 0.549. The van der Waals surface area contributed by atoms with Crippen LogP contribution in [0, 0.1) is 6.92 Å². The van der Waals surface area contributed by atoms with Gasteiger partial charge < -0.3 is 4.74 Å². The summed E-state index contributed by atoms with van der Waals surface area (Å²) in [5.74, 6) is 0. The molecular weight excluding hydrogens is 246 g/mol. The molecule has 0 fully saturated rings. The summed E-state index contributed by atoms with van der Waals surface area (Å²) in [6.07, 6.45) is 3.44. The van der Waals surface area contributed by atoms with E-state index in [4.69, 9.17) is 4.74 Å². The number of hydrogen-bond acceptors (Lipinski definition) is 3. The van der Waals surface area contributed by atoms with Crippen LogP contribution in [0.5, 0.6) is 0 Å². The molecule has 2 aromatic rings. The van der Waals surface area contributed by atoms with Crippen molar-refractivity contribution in [2.45, 2.75) is 13.5 Å². The number of nitrogens with zero attached hydrogens (tertiary/aromatic N) is 3. The summed E-state index contributed by atoms with van der Waals surface area (Å²) in [5.41, 5.74) is 3.07. The molecule has 0 aliphatic carbocycles. The van der Waals surface area contributed by atoms with Crippen molar-refractivity contribution in [1.29, 1.82) is 0 Å². The molecule has 2 aromatic heterocycles. The lowest BCUT2D eigenvalue weighted by atomic mass is 10.1. The van der Waals surface area contributed by atoms with Gasteiger partial charge in [-0.05, 0) is 28.4 Å². The first-order valence-corrected chi connectivity index (χ1v) is 4.99. The van der Waals surface area contributed by atoms with Crippen molar-refractivity contribution >= 4 is 21.6 Å². The van der Waals surface area contributed by atoms with Crippen molar-refractivity contribution < 1.29 is 4.74 Å². The SMILES string of the molecule is COCc1c(C)c(Br)cn2ncnc12. The van der Waals surface area contributed by atoms with Crippen molar-refractivity contribution in [2.24, 2.45) is 0 Å². The summed E-state index contributed by atoms with van der Waals surface area (Å²) in [4.78, 5) is 4.19. The fraction of sp³-hybridized carbons (Fsp3) is 0.333. The molecule has 14 heavy (non-hydrogen) atoms. The standard InChI is InChI=1S/C9H10BrN3O/c1-6-7(4-14-2)9-11-5-12-13(9)3-8(6)10/h3,5H,4H2,1-2H3. The molecule has 0 atom stereocenters. The van der Waals surface area contributed by atoms with Crippen LogP contribution in [0.1, 0.15) is 11.1 Å². The summed E-state index contributed by atoms with van der Waals surface area (Å²) in [7, 11) is 1.67. The van der Waals surface area contributed by atoms with E-state index in [-0.39, 0.29) is 0 Å². The van der Waals surface area contributed by atoms with E-state index in [2.05, 4.69) is 26.0 Å². The summed E-state index contributed by atoms with van der Waals surface area (Å²) < 4.78 is 7.90. The van der Waals surface area contributed by atoms with Crippen LogP contribution in [0.15, 0.2) is 17.0 Å². The first-order chi connectivity index (χ1) is 6.74. The third kappa shape index (κ3) is 1.42. The molecule has 0 unspecified atom stereocenters. The second-order valence-electron chi connectivity index (χ2n) is 3.04. The molecule has 0 spiro atoms. The normalized spacial score (nSPS) is 11.1. The van der Waals surface area contributed by atoms with Gasteiger partial charge in [-0.15, -0.1) is 0 Å². The zero-order valence-corrected chi connectivity index (χ0v) is 9.58. The van der Waals surface area contributed by atoms with E-state index in [0.717, 1.165) is 21.2 Å². The molecule has 0 bridgehead atoms. The lowest BCUT2D eigenvalue weighted by Gasteiger charge is -2.07. The molecular formula is C9H10BrN3O. The Labute approximate surface area is 90.0 Å². The highest BCUT2D eigenvalue weighted by molar-refractivity contribution is 9.10. The zero-order chi connectivity index (χ0) is 10.1. The van der Waals surface area contributed by atoms with Crippen molar-refractivity contribution in [2.75, 3.05) is 7.11 Å². The van der Waals surface area contributed by atoms with E-state index in [0.29, 0.717) is 6.61 Å². The second-order valence-corrected chi connectivity index (χ2v) is 3.90. The Bertz CT molecular complexity index is 466. The first kappa shape index (κ1) is 9.61. The lowest BCUT2D eigenvalue weighted by Crippen LogP contribution is -1.99. The minimum Gasteiger partial charge on any atom is -0.380 e. The highest BCUT2D eigenvalue weighted by Gasteiger charge is 2.10. The lowest BCUT2D eigenvalue weighted by molar-refractivity contribution is 0.185. The smallest absolute Gasteiger partial charge is 0.161 e. The fourth-order valence-electron chi connectivity index (χ4n) is 1.39. The van der Waals surface area contributed by atoms with Crippen molar-refractivity contribution in [1.82, 2.24) is 14.6 Å². The maximum Gasteiger partial charge on any atom is 0.161 e. The van der Waals surface area contributed by atoms with Gasteiger partial charge in [0.15, 0.2) is 5.65 Å². The molecule has 2 rings (SSSR count). The predicted octanol–water partition coefficient (Wildman–Crippen LogP) is 1.95. The van der Waals surface area contributed by atoms with Crippen molar-refractivity contribution in [3.05, 3.63) is 28.1 Å². The highest BCUT2D eigenvalue weighted by atomic mass is 79.9. The predicted molar refractivity (Wildman–Crippen MR) is 56.1 cm³/mol. The van der Waals surface area contributed by atoms with Gasteiger partial charge in [0.2, 0.25) is 0 Å². The quantitative estimate of drug-likeness (QED) is 0.824. The van der Waals surface area contributed by atoms with Crippen LogP contribution in [0.2, 0.25) is 0 Å². The molecule has 0 saturated heterocycles. The van der Waals surface area contributed by atoms with Gasteiger partial charge in [-0.25, -0.2) is 9.50 Å². The largest absolute Gasteiger partial charge is 0.380 e. The molecule has 0 saturated carbocycles. The van der Waals surface area contributed by atoms with Crippen LogP contribution < -0.4 is 0 Å². The second kappa shape index (κ2) is 3.67. The van der Waals surface area contributed by atoms with Gasteiger partial charge in [0, 0.05) is 23.3 Å². The van der Waals surface area contributed by atoms with E-state index in [1.165, 1.54) is 0 Å². The maximum absolute atomic E-state index is 5.14. The van der Waals surface area contributed by atoms with E-state index in [1.807, 2.05) is 13.1 Å². The summed E-state index contributed by atoms with van der Waals surface area (Å²) in [5, 5.41) is 4.08. The molecule has 0 radical (unpaired) electrons. The molecule has 0 aliphatic rings. The molecule has 0 aliphatic heterocycles. The molecule has 0 amide bonds. The van der Waals surface area contributed by atoms with Crippen molar-refractivity contribution in [3.8, 4) is 0 Å². The topological polar surface area (TPSA) is 39.4 Å². The molecule has 0 aromatic carbocycles. The summed E-state index contributed by atoms with van der Waals surface area (Å²) in [6, 6.07) is 0. The number of hydrogen-bond donors (Lipinski definition) is 0. The first-order valence-electron chi connectivity index (χ1n) is 4.20. The number of ether oxygens (including phenoxy) is 1. The monoisotopic (exact) mass is 255 g/mol. The Morgan fingerprint density at radius 1 is 1.57 bits per heavy atom. The van der Waals surface area contributed by atoms with Crippen molar-refractivity contribution in [3.63, 3.8) is 0 Å². The zero-order valence-electron chi connectivity index (χ0n) is 7.99. The van der Waals surface area contributed by atoms with E-state index >= 15 is 0 Å². The van der Waals surface area contributed by atoms with E-state index in [1.54, 1.807) is 18.0 Å². The van der Waals surface area contributed by atoms with Gasteiger partial charge in [-0.1, -0.05) is 0 Å². The number of halogens is 1. The van der Waals surface area contributed by atoms with E-state index < -0.39 is 0 Å².